The van der Waals surface area contributed by atoms with Crippen molar-refractivity contribution in [3.05, 3.63) is 74.2 Å². The van der Waals surface area contributed by atoms with Crippen molar-refractivity contribution in [3.8, 4) is 0 Å². The summed E-state index contributed by atoms with van der Waals surface area (Å²) in [5, 5.41) is 0. The lowest BCUT2D eigenvalue weighted by Gasteiger charge is -2.14. The molecule has 0 fully saturated rings. The first-order valence-electron chi connectivity index (χ1n) is 9.73. The summed E-state index contributed by atoms with van der Waals surface area (Å²) in [6.07, 6.45) is 3.94. The van der Waals surface area contributed by atoms with Crippen LogP contribution in [-0.2, 0) is 12.8 Å². The number of nitrogens with one attached hydrogen (secondary N) is 1. The van der Waals surface area contributed by atoms with E-state index in [1.54, 1.807) is 0 Å². The predicted molar refractivity (Wildman–Crippen MR) is 124 cm³/mol. The number of allylic oxidation sites excluding steroid dienone is 2. The second-order valence-electron chi connectivity index (χ2n) is 6.63. The van der Waals surface area contributed by atoms with Gasteiger partial charge in [0.25, 0.3) is 0 Å². The molecule has 0 aliphatic carbocycles. The van der Waals surface area contributed by atoms with Crippen molar-refractivity contribution in [2.45, 2.75) is 53.4 Å². The fraction of sp³-hybridized carbons (Fsp3) is 0.348. The molecule has 1 aliphatic heterocycles. The third-order valence-electron chi connectivity index (χ3n) is 5.24. The van der Waals surface area contributed by atoms with E-state index < -0.39 is 0 Å². The quantitative estimate of drug-likeness (QED) is 0.433. The maximum Gasteiger partial charge on any atom is 0.110 e. The number of nitrogens with zero attached hydrogens (tertiary/aromatic N) is 1. The first kappa shape index (κ1) is 20.3. The molecule has 2 heterocycles. The van der Waals surface area contributed by atoms with Gasteiger partial charge in [-0.2, -0.15) is 0 Å². The maximum absolute atomic E-state index is 4.99. The van der Waals surface area contributed by atoms with Gasteiger partial charge in [-0.15, -0.1) is 0 Å². The van der Waals surface area contributed by atoms with E-state index in [9.17, 15) is 0 Å². The van der Waals surface area contributed by atoms with Gasteiger partial charge in [0.15, 0.2) is 0 Å². The molecule has 1 N–H and O–H groups in total. The van der Waals surface area contributed by atoms with Crippen molar-refractivity contribution in [1.82, 2.24) is 4.98 Å². The fourth-order valence-corrected chi connectivity index (χ4v) is 5.38. The summed E-state index contributed by atoms with van der Waals surface area (Å²) in [5.41, 5.74) is 10.1. The minimum absolute atomic E-state index is 0.970. The molecule has 27 heavy (non-hydrogen) atoms. The minimum Gasteiger partial charge on any atom is -0.349 e. The average molecular weight is 490 g/mol. The van der Waals surface area contributed by atoms with Crippen molar-refractivity contribution in [3.63, 3.8) is 0 Å². The molecule has 2 aromatic rings. The van der Waals surface area contributed by atoms with Crippen LogP contribution in [0.25, 0.3) is 5.57 Å². The van der Waals surface area contributed by atoms with Crippen LogP contribution in [0.15, 0.2) is 56.8 Å². The number of aromatic nitrogens is 1. The zero-order valence-corrected chi connectivity index (χ0v) is 19.6. The van der Waals surface area contributed by atoms with E-state index in [1.807, 2.05) is 0 Å². The fourth-order valence-electron chi connectivity index (χ4n) is 3.97. The van der Waals surface area contributed by atoms with Crippen LogP contribution in [0, 0.1) is 0 Å². The van der Waals surface area contributed by atoms with Crippen LogP contribution in [-0.4, -0.2) is 9.60 Å². The Labute approximate surface area is 179 Å². The third kappa shape index (κ3) is 3.66. The molecule has 1 aromatic heterocycles. The van der Waals surface area contributed by atoms with E-state index in [-0.39, 0.29) is 0 Å². The molecular weight excluding hydrogens is 464 g/mol. The average Bonchev–Trinajstić information content (AvgIpc) is 3.18. The van der Waals surface area contributed by atoms with Gasteiger partial charge in [0.05, 0.1) is 16.0 Å². The van der Waals surface area contributed by atoms with Crippen LogP contribution in [0.4, 0.5) is 0 Å². The molecule has 0 radical (unpaired) electrons. The second kappa shape index (κ2) is 8.74. The predicted octanol–water partition coefficient (Wildman–Crippen LogP) is 7.59. The van der Waals surface area contributed by atoms with Gasteiger partial charge in [-0.1, -0.05) is 58.0 Å². The highest BCUT2D eigenvalue weighted by atomic mass is 79.9. The van der Waals surface area contributed by atoms with Gasteiger partial charge in [-0.3, -0.25) is 0 Å². The molecule has 142 valence electrons. The summed E-state index contributed by atoms with van der Waals surface area (Å²) in [6, 6.07) is 10.6. The Balaban J connectivity index is 2.39. The molecule has 0 unspecified atom stereocenters. The second-order valence-corrected chi connectivity index (χ2v) is 8.18. The van der Waals surface area contributed by atoms with E-state index in [1.165, 1.54) is 39.1 Å². The van der Waals surface area contributed by atoms with Crippen molar-refractivity contribution in [2.24, 2.45) is 4.99 Å². The summed E-state index contributed by atoms with van der Waals surface area (Å²) in [6.45, 7) is 8.86. The molecule has 0 saturated carbocycles. The number of aliphatic imine (C=N–C) groups is 1. The Hall–Kier alpha value is -1.39. The van der Waals surface area contributed by atoms with Crippen molar-refractivity contribution < 1.29 is 0 Å². The molecule has 0 atom stereocenters. The van der Waals surface area contributed by atoms with E-state index in [4.69, 9.17) is 4.99 Å². The summed E-state index contributed by atoms with van der Waals surface area (Å²) >= 11 is 7.46. The topological polar surface area (TPSA) is 28.1 Å². The largest absolute Gasteiger partial charge is 0.349 e. The van der Waals surface area contributed by atoms with Gasteiger partial charge in [0.2, 0.25) is 0 Å². The van der Waals surface area contributed by atoms with Gasteiger partial charge < -0.3 is 4.98 Å². The molecule has 3 rings (SSSR count). The monoisotopic (exact) mass is 488 g/mol. The first-order chi connectivity index (χ1) is 13.1. The lowest BCUT2D eigenvalue weighted by Crippen LogP contribution is -1.99. The lowest BCUT2D eigenvalue weighted by atomic mass is 9.91. The molecule has 1 aromatic carbocycles. The normalized spacial score (nSPS) is 16.1. The Bertz CT molecular complexity index is 931. The summed E-state index contributed by atoms with van der Waals surface area (Å²) in [4.78, 5) is 8.62. The van der Waals surface area contributed by atoms with Crippen LogP contribution in [0.1, 0.15) is 62.9 Å². The zero-order valence-electron chi connectivity index (χ0n) is 16.4. The van der Waals surface area contributed by atoms with Crippen molar-refractivity contribution in [1.29, 1.82) is 0 Å². The molecule has 0 spiro atoms. The van der Waals surface area contributed by atoms with Crippen LogP contribution >= 0.6 is 31.9 Å². The lowest BCUT2D eigenvalue weighted by molar-refractivity contribution is 1.04. The number of hydrogen-bond donors (Lipinski definition) is 1. The van der Waals surface area contributed by atoms with Crippen LogP contribution < -0.4 is 0 Å². The maximum atomic E-state index is 4.99. The molecule has 2 nitrogen and oxygen atoms in total. The Kier molecular flexibility index (Phi) is 6.59. The SMILES string of the molecule is CCC1=C(CC)/C(=C(\c2ccccc2)c2[nH]c(Br)c(CC)c2CC)N=C1Br. The van der Waals surface area contributed by atoms with Crippen LogP contribution in [0.2, 0.25) is 0 Å². The number of halogens is 2. The van der Waals surface area contributed by atoms with Crippen LogP contribution in [0.5, 0.6) is 0 Å². The highest BCUT2D eigenvalue weighted by molar-refractivity contribution is 9.18. The molecule has 0 saturated heterocycles. The summed E-state index contributed by atoms with van der Waals surface area (Å²) in [5.74, 6) is 0. The molecule has 0 amide bonds. The highest BCUT2D eigenvalue weighted by Gasteiger charge is 2.27. The third-order valence-corrected chi connectivity index (χ3v) is 6.57. The number of H-pyrrole nitrogens is 1. The number of benzene rings is 1. The van der Waals surface area contributed by atoms with Gasteiger partial charge in [-0.05, 0) is 85.4 Å². The van der Waals surface area contributed by atoms with Gasteiger partial charge >= 0.3 is 0 Å². The Morgan fingerprint density at radius 3 is 2.04 bits per heavy atom. The van der Waals surface area contributed by atoms with Crippen molar-refractivity contribution in [2.75, 3.05) is 0 Å². The number of hydrogen-bond acceptors (Lipinski definition) is 1. The van der Waals surface area contributed by atoms with E-state index >= 15 is 0 Å². The van der Waals surface area contributed by atoms with Gasteiger partial charge in [0.1, 0.15) is 4.62 Å². The minimum atomic E-state index is 0.970. The van der Waals surface area contributed by atoms with E-state index in [2.05, 4.69) is 94.9 Å². The summed E-state index contributed by atoms with van der Waals surface area (Å²) in [7, 11) is 0. The number of aromatic amines is 1. The molecule has 4 heteroatoms. The van der Waals surface area contributed by atoms with Crippen LogP contribution in [0.3, 0.4) is 0 Å². The van der Waals surface area contributed by atoms with Crippen molar-refractivity contribution >= 4 is 42.1 Å². The molecule has 0 bridgehead atoms. The Morgan fingerprint density at radius 1 is 0.852 bits per heavy atom. The molecule has 1 aliphatic rings. The Morgan fingerprint density at radius 2 is 1.48 bits per heavy atom. The summed E-state index contributed by atoms with van der Waals surface area (Å²) < 4.78 is 2.06. The molecular formula is C23H26Br2N2. The van der Waals surface area contributed by atoms with Gasteiger partial charge in [0, 0.05) is 5.57 Å². The van der Waals surface area contributed by atoms with E-state index in [0.29, 0.717) is 0 Å². The van der Waals surface area contributed by atoms with Gasteiger partial charge in [-0.25, -0.2) is 4.99 Å². The van der Waals surface area contributed by atoms with E-state index in [0.717, 1.165) is 40.6 Å². The first-order valence-corrected chi connectivity index (χ1v) is 11.3. The highest BCUT2D eigenvalue weighted by Crippen LogP contribution is 2.41. The zero-order chi connectivity index (χ0) is 19.6. The smallest absolute Gasteiger partial charge is 0.110 e. The standard InChI is InChI=1S/C23H26Br2N2/c1-5-15-17(7-3)22(24)26-20(15)19(14-12-10-9-11-13-14)21-16(6-2)18(8-4)23(25)27-21/h9-13,26H,5-8H2,1-4H3/b21-19-. The number of rotatable bonds is 6.